The second-order valence-corrected chi connectivity index (χ2v) is 10.0. The first-order chi connectivity index (χ1) is 10.9. The summed E-state index contributed by atoms with van der Waals surface area (Å²) in [5.74, 6) is 0. The quantitative estimate of drug-likeness (QED) is 0.627. The summed E-state index contributed by atoms with van der Waals surface area (Å²) in [5, 5.41) is 4.61. The summed E-state index contributed by atoms with van der Waals surface area (Å²) in [4.78, 5) is 2.24. The molecular formula is C17H19N2OPS2. The van der Waals surface area contributed by atoms with Crippen molar-refractivity contribution in [3.05, 3.63) is 48.5 Å². The van der Waals surface area contributed by atoms with Crippen LogP contribution >= 0.6 is 31.3 Å². The molecule has 0 radical (unpaired) electrons. The van der Waals surface area contributed by atoms with Crippen LogP contribution in [0.3, 0.4) is 0 Å². The zero-order valence-electron chi connectivity index (χ0n) is 13.3. The molecule has 6 heteroatoms. The summed E-state index contributed by atoms with van der Waals surface area (Å²) in [6, 6.07) is 16.3. The molecule has 0 aliphatic carbocycles. The van der Waals surface area contributed by atoms with Gasteiger partial charge in [-0.05, 0) is 56.4 Å². The smallest absolute Gasteiger partial charge is 0.202 e. The Morgan fingerprint density at radius 3 is 2.48 bits per heavy atom. The Morgan fingerprint density at radius 2 is 1.83 bits per heavy atom. The van der Waals surface area contributed by atoms with Crippen LogP contribution in [0.5, 0.6) is 0 Å². The van der Waals surface area contributed by atoms with Crippen molar-refractivity contribution in [1.29, 1.82) is 0 Å². The molecular weight excluding hydrogens is 343 g/mol. The molecule has 3 nitrogen and oxygen atoms in total. The summed E-state index contributed by atoms with van der Waals surface area (Å²) in [5.41, 5.74) is 0.857. The lowest BCUT2D eigenvalue weighted by molar-refractivity contribution is 0.483. The van der Waals surface area contributed by atoms with E-state index in [0.717, 1.165) is 15.9 Å². The number of nitrogens with zero attached hydrogens (tertiary/aromatic N) is 1. The normalized spacial score (nSPS) is 20.3. The van der Waals surface area contributed by atoms with Crippen LogP contribution in [-0.2, 0) is 4.57 Å². The average Bonchev–Trinajstić information content (AvgIpc) is 2.48. The van der Waals surface area contributed by atoms with Gasteiger partial charge < -0.3 is 5.32 Å². The van der Waals surface area contributed by atoms with Gasteiger partial charge in [-0.1, -0.05) is 30.0 Å². The highest BCUT2D eigenvalue weighted by Crippen LogP contribution is 2.51. The van der Waals surface area contributed by atoms with Gasteiger partial charge in [0.05, 0.1) is 11.0 Å². The first kappa shape index (κ1) is 16.6. The number of rotatable bonds is 3. The van der Waals surface area contributed by atoms with Gasteiger partial charge in [-0.25, -0.2) is 0 Å². The van der Waals surface area contributed by atoms with Gasteiger partial charge in [0.25, 0.3) is 0 Å². The fourth-order valence-electron chi connectivity index (χ4n) is 2.79. The van der Waals surface area contributed by atoms with Gasteiger partial charge in [0, 0.05) is 22.5 Å². The third-order valence-electron chi connectivity index (χ3n) is 3.75. The Kier molecular flexibility index (Phi) is 4.54. The zero-order chi connectivity index (χ0) is 16.6. The van der Waals surface area contributed by atoms with Crippen molar-refractivity contribution in [1.82, 2.24) is 4.67 Å². The standard InChI is InChI=1S/C17H19N2OPS2/c1-12(2)19-17(22)18-15-10-9-14(11-16(15)21(19,3)20)23-13-7-5-4-6-8-13/h4-12H,1-3H3,(H,18,22). The van der Waals surface area contributed by atoms with Crippen molar-refractivity contribution in [2.75, 3.05) is 12.0 Å². The highest BCUT2D eigenvalue weighted by atomic mass is 32.2. The largest absolute Gasteiger partial charge is 0.332 e. The maximum Gasteiger partial charge on any atom is 0.202 e. The second kappa shape index (κ2) is 6.31. The summed E-state index contributed by atoms with van der Waals surface area (Å²) in [6.45, 7) is 5.82. The van der Waals surface area contributed by atoms with Crippen LogP contribution in [0.4, 0.5) is 5.69 Å². The number of anilines is 1. The van der Waals surface area contributed by atoms with E-state index in [0.29, 0.717) is 5.11 Å². The van der Waals surface area contributed by atoms with Gasteiger partial charge in [0.15, 0.2) is 5.11 Å². The van der Waals surface area contributed by atoms with Crippen molar-refractivity contribution >= 4 is 47.4 Å². The highest BCUT2D eigenvalue weighted by Gasteiger charge is 2.37. The molecule has 2 aromatic carbocycles. The fourth-order valence-corrected chi connectivity index (χ4v) is 7.01. The maximum atomic E-state index is 13.4. The summed E-state index contributed by atoms with van der Waals surface area (Å²) in [6.07, 6.45) is 0. The molecule has 2 aromatic rings. The number of hydrogen-bond acceptors (Lipinski definition) is 3. The molecule has 1 unspecified atom stereocenters. The van der Waals surface area contributed by atoms with Crippen LogP contribution < -0.4 is 10.6 Å². The summed E-state index contributed by atoms with van der Waals surface area (Å²) < 4.78 is 15.3. The van der Waals surface area contributed by atoms with E-state index in [2.05, 4.69) is 17.4 Å². The number of benzene rings is 2. The van der Waals surface area contributed by atoms with Crippen molar-refractivity contribution in [2.24, 2.45) is 0 Å². The van der Waals surface area contributed by atoms with Crippen molar-refractivity contribution < 1.29 is 4.57 Å². The fraction of sp³-hybridized carbons (Fsp3) is 0.235. The first-order valence-corrected chi connectivity index (χ1v) is 10.8. The van der Waals surface area contributed by atoms with Gasteiger partial charge >= 0.3 is 0 Å². The lowest BCUT2D eigenvalue weighted by atomic mass is 10.3. The van der Waals surface area contributed by atoms with Crippen molar-refractivity contribution in [2.45, 2.75) is 29.7 Å². The highest BCUT2D eigenvalue weighted by molar-refractivity contribution is 7.99. The Hall–Kier alpha value is -1.29. The van der Waals surface area contributed by atoms with Gasteiger partial charge in [-0.2, -0.15) is 0 Å². The molecule has 3 rings (SSSR count). The Morgan fingerprint density at radius 1 is 1.13 bits per heavy atom. The van der Waals surface area contributed by atoms with Crippen LogP contribution in [0.25, 0.3) is 0 Å². The molecule has 0 aromatic heterocycles. The Labute approximate surface area is 146 Å². The maximum absolute atomic E-state index is 13.4. The topological polar surface area (TPSA) is 32.3 Å². The van der Waals surface area contributed by atoms with Crippen LogP contribution in [0.1, 0.15) is 13.8 Å². The van der Waals surface area contributed by atoms with Gasteiger partial charge in [-0.15, -0.1) is 0 Å². The molecule has 23 heavy (non-hydrogen) atoms. The lowest BCUT2D eigenvalue weighted by Gasteiger charge is -2.40. The Bertz CT molecular complexity index is 792. The van der Waals surface area contributed by atoms with Gasteiger partial charge in [0.2, 0.25) is 7.29 Å². The molecule has 1 N–H and O–H groups in total. The third-order valence-corrected chi connectivity index (χ3v) is 7.92. The van der Waals surface area contributed by atoms with E-state index >= 15 is 0 Å². The van der Waals surface area contributed by atoms with Crippen LogP contribution in [0.2, 0.25) is 0 Å². The zero-order valence-corrected chi connectivity index (χ0v) is 15.8. The molecule has 0 saturated carbocycles. The second-order valence-electron chi connectivity index (χ2n) is 5.84. The molecule has 1 heterocycles. The molecule has 1 aliphatic rings. The number of thiocarbonyl (C=S) groups is 1. The SMILES string of the molecule is CC(C)N1C(=S)Nc2ccc(Sc3ccccc3)cc2P1(C)=O. The van der Waals surface area contributed by atoms with Crippen LogP contribution in [0.15, 0.2) is 58.3 Å². The minimum absolute atomic E-state index is 0.0874. The minimum atomic E-state index is -2.71. The average molecular weight is 362 g/mol. The van der Waals surface area contributed by atoms with Crippen LogP contribution in [0, 0.1) is 0 Å². The van der Waals surface area contributed by atoms with E-state index in [1.54, 1.807) is 18.4 Å². The number of nitrogens with one attached hydrogen (secondary N) is 1. The van der Waals surface area contributed by atoms with Gasteiger partial charge in [0.1, 0.15) is 0 Å². The molecule has 0 spiro atoms. The molecule has 0 fully saturated rings. The predicted octanol–water partition coefficient (Wildman–Crippen LogP) is 4.79. The van der Waals surface area contributed by atoms with E-state index in [1.807, 2.05) is 54.9 Å². The molecule has 0 saturated heterocycles. The third kappa shape index (κ3) is 3.18. The van der Waals surface area contributed by atoms with E-state index in [-0.39, 0.29) is 6.04 Å². The number of fused-ring (bicyclic) bond motifs is 1. The van der Waals surface area contributed by atoms with E-state index < -0.39 is 7.29 Å². The van der Waals surface area contributed by atoms with Gasteiger partial charge in [-0.3, -0.25) is 9.24 Å². The lowest BCUT2D eigenvalue weighted by Crippen LogP contribution is -2.44. The van der Waals surface area contributed by atoms with Crippen molar-refractivity contribution in [3.8, 4) is 0 Å². The summed E-state index contributed by atoms with van der Waals surface area (Å²) >= 11 is 7.07. The predicted molar refractivity (Wildman–Crippen MR) is 103 cm³/mol. The molecule has 1 atom stereocenters. The number of hydrogen-bond donors (Lipinski definition) is 1. The van der Waals surface area contributed by atoms with E-state index in [1.165, 1.54) is 4.90 Å². The first-order valence-electron chi connectivity index (χ1n) is 7.45. The molecule has 0 amide bonds. The van der Waals surface area contributed by atoms with E-state index in [4.69, 9.17) is 12.2 Å². The molecule has 1 aliphatic heterocycles. The Balaban J connectivity index is 2.01. The molecule has 0 bridgehead atoms. The van der Waals surface area contributed by atoms with E-state index in [9.17, 15) is 4.57 Å². The monoisotopic (exact) mass is 362 g/mol. The minimum Gasteiger partial charge on any atom is -0.332 e. The summed E-state index contributed by atoms with van der Waals surface area (Å²) in [7, 11) is -2.71. The van der Waals surface area contributed by atoms with Crippen molar-refractivity contribution in [3.63, 3.8) is 0 Å². The van der Waals surface area contributed by atoms with Crippen LogP contribution in [-0.4, -0.2) is 22.5 Å². The molecule has 120 valence electrons.